The third-order valence-electron chi connectivity index (χ3n) is 9.20. The Kier molecular flexibility index (Phi) is 29.4. The molecule has 50 heavy (non-hydrogen) atoms. The summed E-state index contributed by atoms with van der Waals surface area (Å²) in [7, 11) is 0. The van der Waals surface area contributed by atoms with E-state index in [1.807, 2.05) is 0 Å². The predicted octanol–water partition coefficient (Wildman–Crippen LogP) is 7.11. The zero-order chi connectivity index (χ0) is 36.7. The van der Waals surface area contributed by atoms with Gasteiger partial charge in [-0.25, -0.2) is 0 Å². The second kappa shape index (κ2) is 31.9. The molecule has 1 aliphatic heterocycles. The van der Waals surface area contributed by atoms with Gasteiger partial charge in [0.2, 0.25) is 5.91 Å². The lowest BCUT2D eigenvalue weighted by Gasteiger charge is -2.40. The van der Waals surface area contributed by atoms with E-state index in [1.54, 1.807) is 0 Å². The first kappa shape index (κ1) is 46.2. The van der Waals surface area contributed by atoms with Crippen molar-refractivity contribution in [3.8, 4) is 0 Å². The maximum atomic E-state index is 12.8. The molecule has 1 heterocycles. The summed E-state index contributed by atoms with van der Waals surface area (Å²) < 4.78 is 11.1. The molecule has 0 aliphatic carbocycles. The Balaban J connectivity index is 2.27. The number of rotatable bonds is 31. The van der Waals surface area contributed by atoms with E-state index in [4.69, 9.17) is 9.47 Å². The quantitative estimate of drug-likeness (QED) is 0.0330. The predicted molar refractivity (Wildman–Crippen MR) is 203 cm³/mol. The molecule has 7 atom stereocenters. The normalized spacial score (nSPS) is 22.7. The number of aliphatic hydroxyl groups excluding tert-OH is 5. The first-order valence-electron chi connectivity index (χ1n) is 19.8. The van der Waals surface area contributed by atoms with Crippen LogP contribution in [0.1, 0.15) is 149 Å². The van der Waals surface area contributed by atoms with Gasteiger partial charge in [0.25, 0.3) is 0 Å². The molecule has 1 saturated heterocycles. The van der Waals surface area contributed by atoms with E-state index < -0.39 is 49.5 Å². The molecule has 1 amide bonds. The lowest BCUT2D eigenvalue weighted by Crippen LogP contribution is -2.60. The van der Waals surface area contributed by atoms with Gasteiger partial charge in [0.15, 0.2) is 6.29 Å². The maximum Gasteiger partial charge on any atom is 0.220 e. The summed E-state index contributed by atoms with van der Waals surface area (Å²) in [5, 5.41) is 53.8. The van der Waals surface area contributed by atoms with E-state index in [0.717, 1.165) is 77.0 Å². The highest BCUT2D eigenvalue weighted by Crippen LogP contribution is 2.23. The number of carbonyl (C=O) groups excluding carboxylic acids is 1. The topological polar surface area (TPSA) is 149 Å². The van der Waals surface area contributed by atoms with Crippen LogP contribution in [0, 0.1) is 0 Å². The molecule has 1 aliphatic rings. The minimum absolute atomic E-state index is 0.145. The van der Waals surface area contributed by atoms with Crippen molar-refractivity contribution in [2.24, 2.45) is 0 Å². The number of carbonyl (C=O) groups is 1. The SMILES string of the molecule is CC/C=C\C/C=C\C/C=C\C/C=C\CCCCCCCCCCC(=O)NC(COC1OC(CO)C(O)C(O)C1O)C(O)CCCCCCCC. The van der Waals surface area contributed by atoms with Crippen molar-refractivity contribution in [2.75, 3.05) is 13.2 Å². The Bertz CT molecular complexity index is 920. The van der Waals surface area contributed by atoms with Gasteiger partial charge >= 0.3 is 0 Å². The van der Waals surface area contributed by atoms with Crippen molar-refractivity contribution < 1.29 is 39.8 Å². The van der Waals surface area contributed by atoms with Gasteiger partial charge in [-0.05, 0) is 51.4 Å². The van der Waals surface area contributed by atoms with Gasteiger partial charge in [-0.1, -0.05) is 140 Å². The lowest BCUT2D eigenvalue weighted by atomic mass is 9.99. The van der Waals surface area contributed by atoms with Gasteiger partial charge in [0.1, 0.15) is 24.4 Å². The Morgan fingerprint density at radius 3 is 1.84 bits per heavy atom. The van der Waals surface area contributed by atoms with Crippen LogP contribution in [0.2, 0.25) is 0 Å². The van der Waals surface area contributed by atoms with Gasteiger partial charge in [-0.15, -0.1) is 0 Å². The molecule has 6 N–H and O–H groups in total. The molecule has 0 aromatic carbocycles. The van der Waals surface area contributed by atoms with Crippen molar-refractivity contribution in [1.82, 2.24) is 5.32 Å². The molecule has 7 unspecified atom stereocenters. The third kappa shape index (κ3) is 22.9. The van der Waals surface area contributed by atoms with E-state index >= 15 is 0 Å². The number of aliphatic hydroxyl groups is 5. The molecule has 9 heteroatoms. The fourth-order valence-corrected chi connectivity index (χ4v) is 5.97. The Hall–Kier alpha value is -1.85. The highest BCUT2D eigenvalue weighted by Gasteiger charge is 2.44. The van der Waals surface area contributed by atoms with Crippen LogP contribution in [-0.4, -0.2) is 87.5 Å². The second-order valence-corrected chi connectivity index (χ2v) is 13.7. The first-order valence-corrected chi connectivity index (χ1v) is 19.8. The van der Waals surface area contributed by atoms with Crippen molar-refractivity contribution in [2.45, 2.75) is 192 Å². The molecular weight excluding hydrogens is 634 g/mol. The van der Waals surface area contributed by atoms with E-state index in [2.05, 4.69) is 67.8 Å². The monoisotopic (exact) mass is 708 g/mol. The molecule has 0 aromatic heterocycles. The highest BCUT2D eigenvalue weighted by molar-refractivity contribution is 5.76. The summed E-state index contributed by atoms with van der Waals surface area (Å²) in [4.78, 5) is 12.8. The van der Waals surface area contributed by atoms with Crippen LogP contribution in [0.15, 0.2) is 48.6 Å². The number of unbranched alkanes of at least 4 members (excludes halogenated alkanes) is 13. The minimum Gasteiger partial charge on any atom is -0.394 e. The van der Waals surface area contributed by atoms with Gasteiger partial charge < -0.3 is 40.3 Å². The highest BCUT2D eigenvalue weighted by atomic mass is 16.7. The van der Waals surface area contributed by atoms with Gasteiger partial charge in [0.05, 0.1) is 25.4 Å². The van der Waals surface area contributed by atoms with Crippen LogP contribution in [0.3, 0.4) is 0 Å². The lowest BCUT2D eigenvalue weighted by molar-refractivity contribution is -0.302. The van der Waals surface area contributed by atoms with Gasteiger partial charge in [-0.3, -0.25) is 4.79 Å². The third-order valence-corrected chi connectivity index (χ3v) is 9.20. The molecule has 0 radical (unpaired) electrons. The summed E-state index contributed by atoms with van der Waals surface area (Å²) >= 11 is 0. The zero-order valence-corrected chi connectivity index (χ0v) is 31.4. The summed E-state index contributed by atoms with van der Waals surface area (Å²) in [6.45, 7) is 3.62. The van der Waals surface area contributed by atoms with Crippen molar-refractivity contribution in [3.05, 3.63) is 48.6 Å². The molecule has 0 bridgehead atoms. The first-order chi connectivity index (χ1) is 24.3. The number of nitrogens with one attached hydrogen (secondary N) is 1. The average molecular weight is 708 g/mol. The standard InChI is InChI=1S/C41H73NO8/c1-3-5-7-9-11-12-13-14-15-16-17-18-19-20-21-22-23-24-25-27-29-31-37(45)42-34(35(44)30-28-26-10-8-6-4-2)33-49-41-40(48)39(47)38(46)36(32-43)50-41/h5,7,11-12,14-15,17-18,34-36,38-41,43-44,46-48H,3-4,6,8-10,13,16,19-33H2,1-2H3,(H,42,45)/b7-5-,12-11-,15-14-,18-17-. The fraction of sp³-hybridized carbons (Fsp3) is 0.780. The molecule has 0 saturated carbocycles. The Morgan fingerprint density at radius 2 is 1.24 bits per heavy atom. The van der Waals surface area contributed by atoms with E-state index in [-0.39, 0.29) is 12.5 Å². The summed E-state index contributed by atoms with van der Waals surface area (Å²) in [6, 6.07) is -0.720. The molecule has 290 valence electrons. The van der Waals surface area contributed by atoms with Crippen LogP contribution >= 0.6 is 0 Å². The summed E-state index contributed by atoms with van der Waals surface area (Å²) in [6.07, 6.45) is 31.5. The second-order valence-electron chi connectivity index (χ2n) is 13.7. The number of allylic oxidation sites excluding steroid dienone is 8. The summed E-state index contributed by atoms with van der Waals surface area (Å²) in [5.41, 5.74) is 0. The fourth-order valence-electron chi connectivity index (χ4n) is 5.97. The molecule has 1 rings (SSSR count). The molecule has 0 aromatic rings. The van der Waals surface area contributed by atoms with Crippen LogP contribution in [0.25, 0.3) is 0 Å². The van der Waals surface area contributed by atoms with Crippen LogP contribution in [-0.2, 0) is 14.3 Å². The zero-order valence-electron chi connectivity index (χ0n) is 31.4. The summed E-state index contributed by atoms with van der Waals surface area (Å²) in [5.74, 6) is -0.162. The number of hydrogen-bond acceptors (Lipinski definition) is 8. The average Bonchev–Trinajstić information content (AvgIpc) is 3.11. The number of ether oxygens (including phenoxy) is 2. The van der Waals surface area contributed by atoms with E-state index in [1.165, 1.54) is 44.9 Å². The largest absolute Gasteiger partial charge is 0.394 e. The molecule has 9 nitrogen and oxygen atoms in total. The minimum atomic E-state index is -1.55. The van der Waals surface area contributed by atoms with Crippen molar-refractivity contribution in [3.63, 3.8) is 0 Å². The van der Waals surface area contributed by atoms with Crippen LogP contribution in [0.4, 0.5) is 0 Å². The van der Waals surface area contributed by atoms with Crippen molar-refractivity contribution in [1.29, 1.82) is 0 Å². The van der Waals surface area contributed by atoms with E-state index in [0.29, 0.717) is 12.8 Å². The Morgan fingerprint density at radius 1 is 0.700 bits per heavy atom. The van der Waals surface area contributed by atoms with Crippen LogP contribution < -0.4 is 5.32 Å². The number of hydrogen-bond donors (Lipinski definition) is 6. The molecular formula is C41H73NO8. The van der Waals surface area contributed by atoms with Gasteiger partial charge in [-0.2, -0.15) is 0 Å². The maximum absolute atomic E-state index is 12.8. The molecule has 0 spiro atoms. The smallest absolute Gasteiger partial charge is 0.220 e. The van der Waals surface area contributed by atoms with Crippen molar-refractivity contribution >= 4 is 5.91 Å². The van der Waals surface area contributed by atoms with Crippen LogP contribution in [0.5, 0.6) is 0 Å². The van der Waals surface area contributed by atoms with E-state index in [9.17, 15) is 30.3 Å². The van der Waals surface area contributed by atoms with Gasteiger partial charge in [0, 0.05) is 6.42 Å². The number of amides is 1. The molecule has 1 fully saturated rings. The Labute approximate surface area is 303 Å².